The Kier molecular flexibility index (Phi) is 5.63. The highest BCUT2D eigenvalue weighted by Crippen LogP contribution is 2.22. The predicted molar refractivity (Wildman–Crippen MR) is 87.5 cm³/mol. The summed E-state index contributed by atoms with van der Waals surface area (Å²) in [6.45, 7) is 0.340. The van der Waals surface area contributed by atoms with Crippen molar-refractivity contribution < 1.29 is 9.53 Å². The van der Waals surface area contributed by atoms with E-state index < -0.39 is 6.03 Å². The number of halogens is 2. The first-order valence-electron chi connectivity index (χ1n) is 6.30. The van der Waals surface area contributed by atoms with Gasteiger partial charge in [-0.3, -0.25) is 0 Å². The van der Waals surface area contributed by atoms with Gasteiger partial charge in [0.2, 0.25) is 0 Å². The number of carbonyl (C=O) groups excluding carboxylic acids is 1. The maximum atomic E-state index is 10.5. The molecule has 0 bridgehead atoms. The van der Waals surface area contributed by atoms with Gasteiger partial charge in [0.15, 0.2) is 0 Å². The van der Waals surface area contributed by atoms with Gasteiger partial charge in [0, 0.05) is 15.6 Å². The van der Waals surface area contributed by atoms with E-state index in [0.717, 1.165) is 11.1 Å². The average molecular weight is 338 g/mol. The fourth-order valence-corrected chi connectivity index (χ4v) is 2.08. The maximum Gasteiger partial charge on any atom is 0.332 e. The zero-order chi connectivity index (χ0) is 15.9. The predicted octanol–water partition coefficient (Wildman–Crippen LogP) is 3.57. The molecule has 0 saturated carbocycles. The number of urea groups is 1. The molecule has 0 aliphatic heterocycles. The summed E-state index contributed by atoms with van der Waals surface area (Å²) < 4.78 is 5.65. The van der Waals surface area contributed by atoms with E-state index in [-0.39, 0.29) is 0 Å². The quantitative estimate of drug-likeness (QED) is 0.646. The van der Waals surface area contributed by atoms with Gasteiger partial charge in [-0.2, -0.15) is 5.10 Å². The van der Waals surface area contributed by atoms with Crippen LogP contribution < -0.4 is 15.9 Å². The third kappa shape index (κ3) is 4.95. The normalized spacial score (nSPS) is 10.6. The minimum absolute atomic E-state index is 0.340. The molecular formula is C15H13Cl2N3O2. The highest BCUT2D eigenvalue weighted by atomic mass is 35.5. The van der Waals surface area contributed by atoms with Crippen LogP contribution in [0.5, 0.6) is 5.75 Å². The first kappa shape index (κ1) is 16.1. The lowest BCUT2D eigenvalue weighted by Gasteiger charge is -2.08. The topological polar surface area (TPSA) is 76.7 Å². The number of hydrogen-bond donors (Lipinski definition) is 2. The van der Waals surface area contributed by atoms with Crippen LogP contribution in [0.1, 0.15) is 11.1 Å². The molecule has 0 heterocycles. The molecule has 0 unspecified atom stereocenters. The highest BCUT2D eigenvalue weighted by Gasteiger charge is 2.02. The van der Waals surface area contributed by atoms with Crippen molar-refractivity contribution in [2.45, 2.75) is 6.61 Å². The molecule has 5 nitrogen and oxygen atoms in total. The van der Waals surface area contributed by atoms with Gasteiger partial charge in [-0.05, 0) is 42.0 Å². The van der Waals surface area contributed by atoms with E-state index in [1.807, 2.05) is 6.07 Å². The van der Waals surface area contributed by atoms with Crippen molar-refractivity contribution in [2.24, 2.45) is 10.8 Å². The van der Waals surface area contributed by atoms with Gasteiger partial charge < -0.3 is 10.5 Å². The summed E-state index contributed by atoms with van der Waals surface area (Å²) in [5.41, 5.74) is 8.66. The van der Waals surface area contributed by atoms with Gasteiger partial charge in [-0.25, -0.2) is 10.2 Å². The number of primary amides is 1. The number of carbonyl (C=O) groups is 1. The van der Waals surface area contributed by atoms with Gasteiger partial charge in [0.1, 0.15) is 12.4 Å². The summed E-state index contributed by atoms with van der Waals surface area (Å²) in [7, 11) is 0. The Hall–Kier alpha value is -2.24. The van der Waals surface area contributed by atoms with Crippen molar-refractivity contribution in [3.8, 4) is 5.75 Å². The lowest BCUT2D eigenvalue weighted by molar-refractivity contribution is 0.249. The molecule has 0 aliphatic carbocycles. The van der Waals surface area contributed by atoms with Crippen LogP contribution in [0.15, 0.2) is 47.6 Å². The van der Waals surface area contributed by atoms with E-state index in [2.05, 4.69) is 10.5 Å². The SMILES string of the molecule is NC(=O)NN=Cc1ccc(OCc2ccc(Cl)cc2Cl)cc1. The molecule has 0 atom stereocenters. The van der Waals surface area contributed by atoms with Crippen LogP contribution in [-0.4, -0.2) is 12.2 Å². The van der Waals surface area contributed by atoms with Gasteiger partial charge in [-0.15, -0.1) is 0 Å². The summed E-state index contributed by atoms with van der Waals surface area (Å²) >= 11 is 11.9. The summed E-state index contributed by atoms with van der Waals surface area (Å²) in [6, 6.07) is 11.7. The third-order valence-corrected chi connectivity index (χ3v) is 3.26. The number of nitrogens with two attached hydrogens (primary N) is 1. The van der Waals surface area contributed by atoms with Gasteiger partial charge in [-0.1, -0.05) is 29.3 Å². The highest BCUT2D eigenvalue weighted by molar-refractivity contribution is 6.35. The van der Waals surface area contributed by atoms with Crippen LogP contribution in [0.25, 0.3) is 0 Å². The smallest absolute Gasteiger partial charge is 0.332 e. The average Bonchev–Trinajstić information content (AvgIpc) is 2.47. The lowest BCUT2D eigenvalue weighted by Crippen LogP contribution is -2.24. The molecule has 3 N–H and O–H groups in total. The zero-order valence-corrected chi connectivity index (χ0v) is 12.9. The molecule has 7 heteroatoms. The first-order valence-corrected chi connectivity index (χ1v) is 7.05. The van der Waals surface area contributed by atoms with Crippen LogP contribution in [0.4, 0.5) is 4.79 Å². The Morgan fingerprint density at radius 1 is 1.23 bits per heavy atom. The molecule has 22 heavy (non-hydrogen) atoms. The van der Waals surface area contributed by atoms with Crippen molar-refractivity contribution in [3.05, 3.63) is 63.6 Å². The fraction of sp³-hybridized carbons (Fsp3) is 0.0667. The van der Waals surface area contributed by atoms with Crippen LogP contribution in [0.2, 0.25) is 10.0 Å². The third-order valence-electron chi connectivity index (χ3n) is 2.68. The second kappa shape index (κ2) is 7.68. The number of rotatable bonds is 5. The Balaban J connectivity index is 1.93. The summed E-state index contributed by atoms with van der Waals surface area (Å²) in [4.78, 5) is 10.5. The molecule has 0 saturated heterocycles. The van der Waals surface area contributed by atoms with Gasteiger partial charge in [0.05, 0.1) is 6.21 Å². The molecular weight excluding hydrogens is 325 g/mol. The van der Waals surface area contributed by atoms with Gasteiger partial charge in [0.25, 0.3) is 0 Å². The molecule has 114 valence electrons. The number of ether oxygens (including phenoxy) is 1. The van der Waals surface area contributed by atoms with E-state index >= 15 is 0 Å². The van der Waals surface area contributed by atoms with Crippen LogP contribution in [0, 0.1) is 0 Å². The van der Waals surface area contributed by atoms with Crippen molar-refractivity contribution in [1.82, 2.24) is 5.43 Å². The molecule has 0 spiro atoms. The van der Waals surface area contributed by atoms with E-state index in [1.54, 1.807) is 36.4 Å². The molecule has 2 aromatic carbocycles. The number of hydrazone groups is 1. The minimum atomic E-state index is -0.712. The molecule has 0 aliphatic rings. The number of benzene rings is 2. The van der Waals surface area contributed by atoms with Crippen LogP contribution in [-0.2, 0) is 6.61 Å². The Morgan fingerprint density at radius 2 is 1.95 bits per heavy atom. The zero-order valence-electron chi connectivity index (χ0n) is 11.4. The number of amides is 2. The van der Waals surface area contributed by atoms with E-state index in [1.165, 1.54) is 6.21 Å². The summed E-state index contributed by atoms with van der Waals surface area (Å²) in [5, 5.41) is 4.81. The summed E-state index contributed by atoms with van der Waals surface area (Å²) in [5.74, 6) is 0.686. The second-order valence-electron chi connectivity index (χ2n) is 4.33. The van der Waals surface area contributed by atoms with Crippen molar-refractivity contribution in [3.63, 3.8) is 0 Å². The lowest BCUT2D eigenvalue weighted by atomic mass is 10.2. The first-order chi connectivity index (χ1) is 10.5. The van der Waals surface area contributed by atoms with Crippen LogP contribution >= 0.6 is 23.2 Å². The Morgan fingerprint density at radius 3 is 2.59 bits per heavy atom. The molecule has 0 radical (unpaired) electrons. The molecule has 2 aromatic rings. The van der Waals surface area contributed by atoms with E-state index in [9.17, 15) is 4.79 Å². The number of nitrogens with zero attached hydrogens (tertiary/aromatic N) is 1. The van der Waals surface area contributed by atoms with Crippen molar-refractivity contribution in [1.29, 1.82) is 0 Å². The number of hydrogen-bond acceptors (Lipinski definition) is 3. The standard InChI is InChI=1S/C15H13Cl2N3O2/c16-12-4-3-11(14(17)7-12)9-22-13-5-1-10(2-6-13)8-19-20-15(18)21/h1-8H,9H2,(H3,18,20,21). The molecule has 0 aromatic heterocycles. The van der Waals surface area contributed by atoms with E-state index in [0.29, 0.717) is 22.4 Å². The minimum Gasteiger partial charge on any atom is -0.489 e. The van der Waals surface area contributed by atoms with Gasteiger partial charge >= 0.3 is 6.03 Å². The Labute approximate surface area is 137 Å². The number of nitrogens with one attached hydrogen (secondary N) is 1. The monoisotopic (exact) mass is 337 g/mol. The van der Waals surface area contributed by atoms with Crippen molar-refractivity contribution >= 4 is 35.4 Å². The van der Waals surface area contributed by atoms with E-state index in [4.69, 9.17) is 33.7 Å². The molecule has 2 amide bonds. The Bertz CT molecular complexity index is 688. The largest absolute Gasteiger partial charge is 0.489 e. The maximum absolute atomic E-state index is 10.5. The summed E-state index contributed by atoms with van der Waals surface area (Å²) in [6.07, 6.45) is 1.48. The fourth-order valence-electron chi connectivity index (χ4n) is 1.62. The second-order valence-corrected chi connectivity index (χ2v) is 5.17. The molecule has 2 rings (SSSR count). The molecule has 0 fully saturated rings. The van der Waals surface area contributed by atoms with Crippen molar-refractivity contribution in [2.75, 3.05) is 0 Å². The van der Waals surface area contributed by atoms with Crippen LogP contribution in [0.3, 0.4) is 0 Å².